The molecule has 3 N–H and O–H groups in total. The fraction of sp³-hybridized carbons (Fsp3) is 1.00. The fourth-order valence-corrected chi connectivity index (χ4v) is 1.89. The number of rotatable bonds is 3. The van der Waals surface area contributed by atoms with Crippen LogP contribution >= 0.6 is 0 Å². The lowest BCUT2D eigenvalue weighted by Gasteiger charge is -2.21. The molecular weight excluding hydrogens is 204 g/mol. The second-order valence-electron chi connectivity index (χ2n) is 3.78. The van der Waals surface area contributed by atoms with Crippen molar-refractivity contribution in [3.63, 3.8) is 0 Å². The Morgan fingerprint density at radius 3 is 2.53 bits per heavy atom. The first-order chi connectivity index (χ1) is 7.17. The minimum atomic E-state index is -1.11. The minimum Gasteiger partial charge on any atom is -0.394 e. The van der Waals surface area contributed by atoms with Gasteiger partial charge in [-0.1, -0.05) is 6.92 Å². The van der Waals surface area contributed by atoms with E-state index in [4.69, 9.17) is 19.3 Å². The zero-order chi connectivity index (χ0) is 11.0. The van der Waals surface area contributed by atoms with Crippen LogP contribution in [0.3, 0.4) is 0 Å². The van der Waals surface area contributed by atoms with E-state index in [1.165, 1.54) is 0 Å². The van der Waals surface area contributed by atoms with Crippen LogP contribution in [0.2, 0.25) is 0 Å². The third kappa shape index (κ3) is 1.89. The molecule has 0 bridgehead atoms. The van der Waals surface area contributed by atoms with Crippen molar-refractivity contribution < 1.29 is 29.5 Å². The van der Waals surface area contributed by atoms with Crippen LogP contribution in [-0.2, 0) is 14.2 Å². The van der Waals surface area contributed by atoms with Gasteiger partial charge in [0.1, 0.15) is 24.4 Å². The monoisotopic (exact) mass is 220 g/mol. The average molecular weight is 220 g/mol. The Hall–Kier alpha value is -0.240. The fourth-order valence-electron chi connectivity index (χ4n) is 1.89. The third-order valence-corrected chi connectivity index (χ3v) is 2.73. The van der Waals surface area contributed by atoms with Gasteiger partial charge in [0.05, 0.1) is 6.61 Å². The molecule has 6 atom stereocenters. The zero-order valence-corrected chi connectivity index (χ0v) is 8.44. The highest BCUT2D eigenvalue weighted by Crippen LogP contribution is 2.34. The average Bonchev–Trinajstić information content (AvgIpc) is 2.77. The van der Waals surface area contributed by atoms with Gasteiger partial charge in [-0.3, -0.25) is 0 Å². The number of aliphatic hydroxyl groups excluding tert-OH is 3. The van der Waals surface area contributed by atoms with Crippen molar-refractivity contribution >= 4 is 0 Å². The molecule has 0 aromatic carbocycles. The lowest BCUT2D eigenvalue weighted by Crippen LogP contribution is -2.41. The van der Waals surface area contributed by atoms with Gasteiger partial charge in [0.25, 0.3) is 0 Å². The summed E-state index contributed by atoms with van der Waals surface area (Å²) in [4.78, 5) is 0. The minimum absolute atomic E-state index is 0.359. The molecule has 6 unspecified atom stereocenters. The van der Waals surface area contributed by atoms with Gasteiger partial charge in [-0.2, -0.15) is 0 Å². The van der Waals surface area contributed by atoms with Crippen LogP contribution in [0, 0.1) is 0 Å². The summed E-state index contributed by atoms with van der Waals surface area (Å²) in [6.45, 7) is 1.44. The predicted octanol–water partition coefficient (Wildman–Crippen LogP) is -1.42. The standard InChI is InChI=1S/C9H16O6/c1-2-5-13-8-6(12)7(4(11)3-10)15-9(8)14-5/h4-12H,2-3H2,1H3. The second-order valence-corrected chi connectivity index (χ2v) is 3.78. The molecule has 0 aromatic heterocycles. The molecule has 2 fully saturated rings. The highest BCUT2D eigenvalue weighted by molar-refractivity contribution is 4.94. The van der Waals surface area contributed by atoms with E-state index in [-0.39, 0.29) is 6.29 Å². The largest absolute Gasteiger partial charge is 0.394 e. The summed E-state index contributed by atoms with van der Waals surface area (Å²) in [6.07, 6.45) is -3.82. The van der Waals surface area contributed by atoms with E-state index in [0.29, 0.717) is 6.42 Å². The van der Waals surface area contributed by atoms with Crippen LogP contribution in [0.15, 0.2) is 0 Å². The van der Waals surface area contributed by atoms with Crippen molar-refractivity contribution in [1.82, 2.24) is 0 Å². The van der Waals surface area contributed by atoms with E-state index in [1.807, 2.05) is 6.92 Å². The van der Waals surface area contributed by atoms with E-state index in [0.717, 1.165) is 0 Å². The zero-order valence-electron chi connectivity index (χ0n) is 8.44. The molecule has 0 aliphatic carbocycles. The summed E-state index contributed by atoms with van der Waals surface area (Å²) in [7, 11) is 0. The van der Waals surface area contributed by atoms with Crippen LogP contribution in [-0.4, -0.2) is 58.9 Å². The van der Waals surface area contributed by atoms with Gasteiger partial charge < -0.3 is 29.5 Å². The first-order valence-electron chi connectivity index (χ1n) is 5.10. The Labute approximate surface area is 87.4 Å². The maximum atomic E-state index is 9.77. The molecule has 0 spiro atoms. The molecule has 0 saturated carbocycles. The molecule has 88 valence electrons. The van der Waals surface area contributed by atoms with Crippen molar-refractivity contribution in [2.75, 3.05) is 6.61 Å². The van der Waals surface area contributed by atoms with Crippen molar-refractivity contribution in [1.29, 1.82) is 0 Å². The van der Waals surface area contributed by atoms with E-state index in [1.54, 1.807) is 0 Å². The summed E-state index contributed by atoms with van der Waals surface area (Å²) in [6, 6.07) is 0. The second kappa shape index (κ2) is 4.32. The van der Waals surface area contributed by atoms with Crippen molar-refractivity contribution in [3.05, 3.63) is 0 Å². The highest BCUT2D eigenvalue weighted by atomic mass is 16.8. The third-order valence-electron chi connectivity index (χ3n) is 2.73. The lowest BCUT2D eigenvalue weighted by molar-refractivity contribution is -0.189. The molecule has 2 rings (SSSR count). The molecule has 0 radical (unpaired) electrons. The first kappa shape index (κ1) is 11.3. The Morgan fingerprint density at radius 1 is 1.27 bits per heavy atom. The van der Waals surface area contributed by atoms with E-state index < -0.39 is 37.3 Å². The number of aliphatic hydroxyl groups is 3. The van der Waals surface area contributed by atoms with Gasteiger partial charge in [-0.15, -0.1) is 0 Å². The van der Waals surface area contributed by atoms with Crippen LogP contribution in [0.4, 0.5) is 0 Å². The lowest BCUT2D eigenvalue weighted by atomic mass is 10.1. The van der Waals surface area contributed by atoms with Crippen molar-refractivity contribution in [3.8, 4) is 0 Å². The summed E-state index contributed by atoms with van der Waals surface area (Å²) in [5.74, 6) is 0. The molecule has 6 heteroatoms. The first-order valence-corrected chi connectivity index (χ1v) is 5.10. The topological polar surface area (TPSA) is 88.4 Å². The summed E-state index contributed by atoms with van der Waals surface area (Å²) >= 11 is 0. The molecule has 15 heavy (non-hydrogen) atoms. The summed E-state index contributed by atoms with van der Waals surface area (Å²) in [5, 5.41) is 27.9. The molecular formula is C9H16O6. The summed E-state index contributed by atoms with van der Waals surface area (Å²) in [5.41, 5.74) is 0. The Morgan fingerprint density at radius 2 is 2.00 bits per heavy atom. The molecule has 2 saturated heterocycles. The molecule has 0 aromatic rings. The molecule has 2 heterocycles. The van der Waals surface area contributed by atoms with Crippen LogP contribution in [0.25, 0.3) is 0 Å². The molecule has 2 aliphatic heterocycles. The SMILES string of the molecule is CCC1OC2OC(C(O)CO)C(O)C2O1. The van der Waals surface area contributed by atoms with Crippen LogP contribution < -0.4 is 0 Å². The van der Waals surface area contributed by atoms with Gasteiger partial charge in [-0.05, 0) is 6.42 Å². The van der Waals surface area contributed by atoms with Gasteiger partial charge in [-0.25, -0.2) is 0 Å². The quantitative estimate of drug-likeness (QED) is 0.541. The van der Waals surface area contributed by atoms with Crippen LogP contribution in [0.5, 0.6) is 0 Å². The Bertz CT molecular complexity index is 223. The molecule has 6 nitrogen and oxygen atoms in total. The number of ether oxygens (including phenoxy) is 3. The maximum Gasteiger partial charge on any atom is 0.190 e. The van der Waals surface area contributed by atoms with Crippen molar-refractivity contribution in [2.45, 2.75) is 50.3 Å². The Kier molecular flexibility index (Phi) is 3.24. The van der Waals surface area contributed by atoms with Gasteiger partial charge in [0.2, 0.25) is 0 Å². The van der Waals surface area contributed by atoms with E-state index >= 15 is 0 Å². The van der Waals surface area contributed by atoms with Crippen molar-refractivity contribution in [2.24, 2.45) is 0 Å². The smallest absolute Gasteiger partial charge is 0.190 e. The maximum absolute atomic E-state index is 9.77. The molecule has 2 aliphatic rings. The predicted molar refractivity (Wildman–Crippen MR) is 47.8 cm³/mol. The molecule has 0 amide bonds. The van der Waals surface area contributed by atoms with Gasteiger partial charge >= 0.3 is 0 Å². The summed E-state index contributed by atoms with van der Waals surface area (Å²) < 4.78 is 16.0. The normalized spacial score (nSPS) is 46.8. The number of fused-ring (bicyclic) bond motifs is 1. The highest BCUT2D eigenvalue weighted by Gasteiger charge is 2.53. The van der Waals surface area contributed by atoms with E-state index in [2.05, 4.69) is 0 Å². The number of hydrogen-bond donors (Lipinski definition) is 3. The number of hydrogen-bond acceptors (Lipinski definition) is 6. The van der Waals surface area contributed by atoms with Gasteiger partial charge in [0, 0.05) is 0 Å². The van der Waals surface area contributed by atoms with Crippen LogP contribution in [0.1, 0.15) is 13.3 Å². The van der Waals surface area contributed by atoms with Gasteiger partial charge in [0.15, 0.2) is 12.6 Å². The Balaban J connectivity index is 1.98. The van der Waals surface area contributed by atoms with E-state index in [9.17, 15) is 10.2 Å².